The van der Waals surface area contributed by atoms with E-state index in [9.17, 15) is 4.79 Å². The minimum absolute atomic E-state index is 0.0339. The zero-order chi connectivity index (χ0) is 14.6. The van der Waals surface area contributed by atoms with E-state index in [1.807, 2.05) is 0 Å². The van der Waals surface area contributed by atoms with Crippen LogP contribution < -0.4 is 5.73 Å². The van der Waals surface area contributed by atoms with Crippen molar-refractivity contribution in [2.75, 3.05) is 0 Å². The van der Waals surface area contributed by atoms with Gasteiger partial charge >= 0.3 is 0 Å². The summed E-state index contributed by atoms with van der Waals surface area (Å²) < 4.78 is 11.1. The monoisotopic (exact) mass is 291 g/mol. The Morgan fingerprint density at radius 3 is 2.28 bits per heavy atom. The largest absolute Gasteiger partial charge is 0.405 e. The second-order valence-corrected chi connectivity index (χ2v) is 10.9. The van der Waals surface area contributed by atoms with Crippen molar-refractivity contribution in [3.8, 4) is 0 Å². The number of amides is 1. The van der Waals surface area contributed by atoms with E-state index in [1.54, 1.807) is 6.08 Å². The van der Waals surface area contributed by atoms with Crippen LogP contribution in [0.4, 0.5) is 0 Å². The lowest BCUT2D eigenvalue weighted by atomic mass is 10.1. The smallest absolute Gasteiger partial charge is 0.245 e. The van der Waals surface area contributed by atoms with Crippen LogP contribution in [0.3, 0.4) is 0 Å². The van der Waals surface area contributed by atoms with Gasteiger partial charge in [0.2, 0.25) is 5.91 Å². The zero-order valence-corrected chi connectivity index (χ0v) is 14.2. The Bertz CT molecular complexity index is 302. The Balaban J connectivity index is 4.84. The van der Waals surface area contributed by atoms with E-state index in [4.69, 9.17) is 14.7 Å². The summed E-state index contributed by atoms with van der Waals surface area (Å²) in [6.07, 6.45) is 1.15. The van der Waals surface area contributed by atoms with Crippen molar-refractivity contribution < 1.29 is 13.7 Å². The molecule has 0 aromatic rings. The average molecular weight is 291 g/mol. The van der Waals surface area contributed by atoms with Crippen molar-refractivity contribution >= 4 is 23.7 Å². The number of rotatable bonds is 7. The van der Waals surface area contributed by atoms with Gasteiger partial charge in [0.25, 0.3) is 0 Å². The van der Waals surface area contributed by atoms with Gasteiger partial charge in [-0.15, -0.1) is 6.58 Å². The van der Waals surface area contributed by atoms with Gasteiger partial charge in [0, 0.05) is 15.9 Å². The minimum atomic E-state index is -2.02. The van der Waals surface area contributed by atoms with E-state index in [0.717, 1.165) is 0 Å². The van der Waals surface area contributed by atoms with E-state index < -0.39 is 20.3 Å². The molecule has 0 aliphatic carbocycles. The number of hydrogen-bond donors (Lipinski definition) is 1. The number of hydrogen-bond acceptors (Lipinski definition) is 3. The molecule has 0 saturated carbocycles. The highest BCUT2D eigenvalue weighted by Crippen LogP contribution is 2.37. The summed E-state index contributed by atoms with van der Waals surface area (Å²) in [4.78, 5) is 11.5. The summed E-state index contributed by atoms with van der Waals surface area (Å²) in [5.41, 5.74) is 5.41. The van der Waals surface area contributed by atoms with E-state index in [0.29, 0.717) is 6.42 Å². The Hall–Kier alpha value is -0.223. The van der Waals surface area contributed by atoms with Crippen LogP contribution in [-0.2, 0) is 13.7 Å². The number of carbonyl (C=O) groups excluding carboxylic acids is 1. The summed E-state index contributed by atoms with van der Waals surface area (Å²) in [5, 5.41) is 0.0339. The number of nitrogens with two attached hydrogens (primary N) is 1. The van der Waals surface area contributed by atoms with E-state index >= 15 is 0 Å². The summed E-state index contributed by atoms with van der Waals surface area (Å²) in [6.45, 7) is 14.2. The van der Waals surface area contributed by atoms with Gasteiger partial charge in [-0.1, -0.05) is 26.8 Å². The Morgan fingerprint density at radius 1 is 1.50 bits per heavy atom. The quantitative estimate of drug-likeness (QED) is 0.445. The number of primary amides is 1. The summed E-state index contributed by atoms with van der Waals surface area (Å²) in [7, 11) is 0.148. The van der Waals surface area contributed by atoms with Crippen LogP contribution in [0, 0.1) is 0 Å². The van der Waals surface area contributed by atoms with Crippen LogP contribution in [-0.4, -0.2) is 26.4 Å². The van der Waals surface area contributed by atoms with Crippen LogP contribution in [0.1, 0.15) is 27.2 Å². The second kappa shape index (κ2) is 6.80. The molecule has 2 N–H and O–H groups in total. The Morgan fingerprint density at radius 2 is 2.00 bits per heavy atom. The summed E-state index contributed by atoms with van der Waals surface area (Å²) in [5.74, 6) is -0.450. The lowest BCUT2D eigenvalue weighted by Crippen LogP contribution is -2.48. The summed E-state index contributed by atoms with van der Waals surface area (Å²) in [6, 6.07) is 0. The first-order valence-corrected chi connectivity index (χ1v) is 9.38. The molecule has 0 rings (SSSR count). The molecule has 0 aromatic heterocycles. The lowest BCUT2D eigenvalue weighted by molar-refractivity contribution is -0.126. The molecule has 1 amide bonds. The Kier molecular flexibility index (Phi) is 6.72. The predicted octanol–water partition coefficient (Wildman–Crippen LogP) is 2.61. The normalized spacial score (nSPS) is 16.1. The van der Waals surface area contributed by atoms with Crippen LogP contribution in [0.25, 0.3) is 0 Å². The van der Waals surface area contributed by atoms with Crippen LogP contribution in [0.5, 0.6) is 0 Å². The van der Waals surface area contributed by atoms with Gasteiger partial charge in [-0.25, -0.2) is 0 Å². The minimum Gasteiger partial charge on any atom is -0.405 e. The molecule has 0 fully saturated rings. The van der Waals surface area contributed by atoms with Crippen LogP contribution >= 0.6 is 9.47 Å². The van der Waals surface area contributed by atoms with Crippen molar-refractivity contribution in [3.63, 3.8) is 0 Å². The SMILES string of the molecule is C=C[C@H](C[C@H](O[Si](C)(C)C(C)(C)C)C(N)=O)OP. The fourth-order valence-corrected chi connectivity index (χ4v) is 2.67. The van der Waals surface area contributed by atoms with Gasteiger partial charge in [-0.3, -0.25) is 4.79 Å². The van der Waals surface area contributed by atoms with Crippen molar-refractivity contribution in [2.45, 2.75) is 57.5 Å². The van der Waals surface area contributed by atoms with Crippen molar-refractivity contribution in [1.82, 2.24) is 0 Å². The third-order valence-electron chi connectivity index (χ3n) is 3.44. The molecule has 0 spiro atoms. The predicted molar refractivity (Wildman–Crippen MR) is 80.7 cm³/mol. The third kappa shape index (κ3) is 5.18. The molecule has 0 saturated heterocycles. The van der Waals surface area contributed by atoms with Gasteiger partial charge in [0.15, 0.2) is 8.32 Å². The van der Waals surface area contributed by atoms with Crippen molar-refractivity contribution in [1.29, 1.82) is 0 Å². The van der Waals surface area contributed by atoms with Gasteiger partial charge in [-0.2, -0.15) is 0 Å². The molecule has 0 aromatic carbocycles. The standard InChI is InChI=1S/C12H26NO3PSi/c1-7-9(15-17)8-10(11(13)14)16-18(5,6)12(2,3)4/h7,9-10H,1,8,17H2,2-6H3,(H2,13,14)/t9-,10+/m1/s1. The van der Waals surface area contributed by atoms with Crippen molar-refractivity contribution in [2.24, 2.45) is 5.73 Å². The second-order valence-electron chi connectivity index (χ2n) is 5.92. The van der Waals surface area contributed by atoms with E-state index in [1.165, 1.54) is 0 Å². The van der Waals surface area contributed by atoms with Crippen LogP contribution in [0.2, 0.25) is 18.1 Å². The maximum absolute atomic E-state index is 11.5. The first-order chi connectivity index (χ1) is 8.05. The highest BCUT2D eigenvalue weighted by molar-refractivity contribution is 7.09. The van der Waals surface area contributed by atoms with Gasteiger partial charge < -0.3 is 14.7 Å². The first-order valence-electron chi connectivity index (χ1n) is 6.00. The molecule has 0 aliphatic rings. The Labute approximate surface area is 114 Å². The fraction of sp³-hybridized carbons (Fsp3) is 0.750. The van der Waals surface area contributed by atoms with Gasteiger partial charge in [0.05, 0.1) is 6.10 Å². The van der Waals surface area contributed by atoms with E-state index in [2.05, 4.69) is 49.9 Å². The topological polar surface area (TPSA) is 61.5 Å². The molecule has 0 aliphatic heterocycles. The molecule has 18 heavy (non-hydrogen) atoms. The van der Waals surface area contributed by atoms with Crippen molar-refractivity contribution in [3.05, 3.63) is 12.7 Å². The molecule has 4 nitrogen and oxygen atoms in total. The maximum atomic E-state index is 11.5. The highest BCUT2D eigenvalue weighted by atomic mass is 31.0. The zero-order valence-electron chi connectivity index (χ0n) is 12.0. The molecule has 0 bridgehead atoms. The fourth-order valence-electron chi connectivity index (χ4n) is 1.17. The molecular weight excluding hydrogens is 265 g/mol. The highest BCUT2D eigenvalue weighted by Gasteiger charge is 2.40. The maximum Gasteiger partial charge on any atom is 0.245 e. The molecule has 106 valence electrons. The molecule has 1 unspecified atom stereocenters. The molecule has 0 radical (unpaired) electrons. The summed E-state index contributed by atoms with van der Waals surface area (Å²) >= 11 is 0. The lowest BCUT2D eigenvalue weighted by Gasteiger charge is -2.38. The molecule has 0 heterocycles. The third-order valence-corrected chi connectivity index (χ3v) is 8.28. The molecular formula is C12H26NO3PSi. The number of carbonyl (C=O) groups is 1. The van der Waals surface area contributed by atoms with Gasteiger partial charge in [0.1, 0.15) is 6.10 Å². The molecule has 3 atom stereocenters. The average Bonchev–Trinajstić information content (AvgIpc) is 2.21. The van der Waals surface area contributed by atoms with Gasteiger partial charge in [-0.05, 0) is 18.1 Å². The van der Waals surface area contributed by atoms with E-state index in [-0.39, 0.29) is 11.1 Å². The van der Waals surface area contributed by atoms with Crippen LogP contribution in [0.15, 0.2) is 12.7 Å². The molecule has 6 heteroatoms. The first kappa shape index (κ1) is 17.8.